The topological polar surface area (TPSA) is 32.3 Å². The number of hydrogen-bond donors (Lipinski definition) is 2. The summed E-state index contributed by atoms with van der Waals surface area (Å²) in [5.41, 5.74) is 0.845. The van der Waals surface area contributed by atoms with Crippen molar-refractivity contribution in [2.45, 2.75) is 6.10 Å². The molecule has 1 unspecified atom stereocenters. The molecule has 0 fully saturated rings. The number of rotatable bonds is 4. The molecule has 0 aliphatic heterocycles. The maximum atomic E-state index is 13.5. The van der Waals surface area contributed by atoms with Crippen molar-refractivity contribution in [1.29, 1.82) is 0 Å². The monoisotopic (exact) mass is 299 g/mol. The van der Waals surface area contributed by atoms with Crippen LogP contribution in [-0.4, -0.2) is 11.7 Å². The van der Waals surface area contributed by atoms with Gasteiger partial charge in [-0.15, -0.1) is 0 Å². The van der Waals surface area contributed by atoms with E-state index in [2.05, 4.69) is 5.32 Å². The van der Waals surface area contributed by atoms with Crippen molar-refractivity contribution < 1.29 is 9.50 Å². The van der Waals surface area contributed by atoms with Gasteiger partial charge in [-0.1, -0.05) is 47.5 Å². The fourth-order valence-electron chi connectivity index (χ4n) is 1.70. The highest BCUT2D eigenvalue weighted by Gasteiger charge is 2.12. The van der Waals surface area contributed by atoms with Gasteiger partial charge in [0.15, 0.2) is 0 Å². The molecular weight excluding hydrogens is 288 g/mol. The fourth-order valence-corrected chi connectivity index (χ4v) is 2.07. The molecule has 100 valence electrons. The summed E-state index contributed by atoms with van der Waals surface area (Å²) >= 11 is 11.9. The van der Waals surface area contributed by atoms with Crippen LogP contribution in [0.1, 0.15) is 11.7 Å². The Morgan fingerprint density at radius 1 is 1.11 bits per heavy atom. The van der Waals surface area contributed by atoms with E-state index in [1.807, 2.05) is 0 Å². The summed E-state index contributed by atoms with van der Waals surface area (Å²) in [6.07, 6.45) is -0.962. The van der Waals surface area contributed by atoms with Crippen LogP contribution in [0, 0.1) is 5.82 Å². The maximum Gasteiger partial charge on any atom is 0.129 e. The first-order valence-electron chi connectivity index (χ1n) is 5.70. The Bertz CT molecular complexity index is 577. The lowest BCUT2D eigenvalue weighted by molar-refractivity contribution is 0.186. The molecule has 0 heterocycles. The number of nitrogens with one attached hydrogen (secondary N) is 1. The first-order chi connectivity index (χ1) is 9.09. The highest BCUT2D eigenvalue weighted by atomic mass is 35.5. The lowest BCUT2D eigenvalue weighted by atomic mass is 10.1. The van der Waals surface area contributed by atoms with Crippen LogP contribution < -0.4 is 5.32 Å². The zero-order valence-corrected chi connectivity index (χ0v) is 11.4. The van der Waals surface area contributed by atoms with E-state index in [0.717, 1.165) is 0 Å². The van der Waals surface area contributed by atoms with E-state index in [-0.39, 0.29) is 12.1 Å². The second-order valence-corrected chi connectivity index (χ2v) is 4.80. The van der Waals surface area contributed by atoms with Gasteiger partial charge in [0.25, 0.3) is 0 Å². The lowest BCUT2D eigenvalue weighted by Gasteiger charge is -2.15. The van der Waals surface area contributed by atoms with Crippen LogP contribution in [0.2, 0.25) is 10.0 Å². The molecule has 0 amide bonds. The molecule has 0 saturated heterocycles. The average Bonchev–Trinajstić information content (AvgIpc) is 2.40. The number of benzene rings is 2. The molecule has 0 aliphatic rings. The van der Waals surface area contributed by atoms with E-state index in [1.165, 1.54) is 6.07 Å². The fraction of sp³-hybridized carbons (Fsp3) is 0.143. The van der Waals surface area contributed by atoms with E-state index in [1.54, 1.807) is 36.4 Å². The van der Waals surface area contributed by atoms with Gasteiger partial charge in [-0.05, 0) is 18.2 Å². The molecule has 5 heteroatoms. The SMILES string of the molecule is OC(CNc1cccc(Cl)c1Cl)c1ccccc1F. The summed E-state index contributed by atoms with van der Waals surface area (Å²) in [5, 5.41) is 13.7. The minimum absolute atomic E-state index is 0.140. The van der Waals surface area contributed by atoms with Gasteiger partial charge >= 0.3 is 0 Å². The Morgan fingerprint density at radius 2 is 1.84 bits per heavy atom. The van der Waals surface area contributed by atoms with E-state index < -0.39 is 11.9 Å². The van der Waals surface area contributed by atoms with Gasteiger partial charge in [-0.3, -0.25) is 0 Å². The summed E-state index contributed by atoms with van der Waals surface area (Å²) in [6.45, 7) is 0.140. The zero-order valence-electron chi connectivity index (χ0n) is 9.91. The Labute approximate surface area is 120 Å². The highest BCUT2D eigenvalue weighted by Crippen LogP contribution is 2.30. The van der Waals surface area contributed by atoms with Crippen molar-refractivity contribution in [3.8, 4) is 0 Å². The molecule has 2 N–H and O–H groups in total. The lowest BCUT2D eigenvalue weighted by Crippen LogP contribution is -2.13. The number of aliphatic hydroxyl groups excluding tert-OH is 1. The van der Waals surface area contributed by atoms with Crippen molar-refractivity contribution in [1.82, 2.24) is 0 Å². The van der Waals surface area contributed by atoms with E-state index in [4.69, 9.17) is 23.2 Å². The number of aliphatic hydroxyl groups is 1. The Balaban J connectivity index is 2.07. The second-order valence-electron chi connectivity index (χ2n) is 4.02. The van der Waals surface area contributed by atoms with Crippen LogP contribution >= 0.6 is 23.2 Å². The van der Waals surface area contributed by atoms with Gasteiger partial charge in [-0.2, -0.15) is 0 Å². The van der Waals surface area contributed by atoms with Gasteiger partial charge in [0, 0.05) is 12.1 Å². The van der Waals surface area contributed by atoms with Crippen LogP contribution in [0.3, 0.4) is 0 Å². The number of hydrogen-bond acceptors (Lipinski definition) is 2. The van der Waals surface area contributed by atoms with Gasteiger partial charge in [-0.25, -0.2) is 4.39 Å². The third-order valence-electron chi connectivity index (χ3n) is 2.70. The summed E-state index contributed by atoms with van der Waals surface area (Å²) < 4.78 is 13.5. The third kappa shape index (κ3) is 3.38. The summed E-state index contributed by atoms with van der Waals surface area (Å²) in [6, 6.07) is 11.3. The Kier molecular flexibility index (Phi) is 4.64. The smallest absolute Gasteiger partial charge is 0.129 e. The van der Waals surface area contributed by atoms with Crippen molar-refractivity contribution >= 4 is 28.9 Å². The van der Waals surface area contributed by atoms with Crippen LogP contribution in [0.15, 0.2) is 42.5 Å². The molecule has 19 heavy (non-hydrogen) atoms. The largest absolute Gasteiger partial charge is 0.386 e. The first-order valence-corrected chi connectivity index (χ1v) is 6.45. The molecule has 2 aromatic rings. The molecule has 0 spiro atoms. The predicted molar refractivity (Wildman–Crippen MR) is 76.3 cm³/mol. The Hall–Kier alpha value is -1.29. The van der Waals surface area contributed by atoms with E-state index in [0.29, 0.717) is 15.7 Å². The minimum Gasteiger partial charge on any atom is -0.386 e. The van der Waals surface area contributed by atoms with Gasteiger partial charge < -0.3 is 10.4 Å². The molecule has 0 radical (unpaired) electrons. The molecule has 0 aliphatic carbocycles. The summed E-state index contributed by atoms with van der Waals surface area (Å²) in [5.74, 6) is -0.436. The molecule has 1 atom stereocenters. The van der Waals surface area contributed by atoms with Crippen molar-refractivity contribution in [2.75, 3.05) is 11.9 Å². The summed E-state index contributed by atoms with van der Waals surface area (Å²) in [4.78, 5) is 0. The maximum absolute atomic E-state index is 13.5. The second kappa shape index (κ2) is 6.24. The van der Waals surface area contributed by atoms with Gasteiger partial charge in [0.2, 0.25) is 0 Å². The minimum atomic E-state index is -0.962. The van der Waals surface area contributed by atoms with E-state index >= 15 is 0 Å². The van der Waals surface area contributed by atoms with Crippen molar-refractivity contribution in [2.24, 2.45) is 0 Å². The van der Waals surface area contributed by atoms with Crippen LogP contribution in [0.4, 0.5) is 10.1 Å². The van der Waals surface area contributed by atoms with Crippen LogP contribution in [0.5, 0.6) is 0 Å². The van der Waals surface area contributed by atoms with E-state index in [9.17, 15) is 9.50 Å². The standard InChI is InChI=1S/C14H12Cl2FNO/c15-10-5-3-7-12(14(10)16)18-8-13(19)9-4-1-2-6-11(9)17/h1-7,13,18-19H,8H2. The molecule has 0 bridgehead atoms. The highest BCUT2D eigenvalue weighted by molar-refractivity contribution is 6.43. The molecule has 2 rings (SSSR count). The number of anilines is 1. The van der Waals surface area contributed by atoms with Crippen LogP contribution in [0.25, 0.3) is 0 Å². The van der Waals surface area contributed by atoms with Crippen molar-refractivity contribution in [3.05, 3.63) is 63.9 Å². The first kappa shape index (κ1) is 14.1. The molecule has 2 aromatic carbocycles. The molecule has 0 saturated carbocycles. The molecule has 2 nitrogen and oxygen atoms in total. The number of halogens is 3. The summed E-state index contributed by atoms with van der Waals surface area (Å²) in [7, 11) is 0. The zero-order chi connectivity index (χ0) is 13.8. The normalized spacial score (nSPS) is 12.2. The predicted octanol–water partition coefficient (Wildman–Crippen LogP) is 4.28. The quantitative estimate of drug-likeness (QED) is 0.883. The average molecular weight is 300 g/mol. The third-order valence-corrected chi connectivity index (χ3v) is 3.52. The molecule has 0 aromatic heterocycles. The van der Waals surface area contributed by atoms with Gasteiger partial charge in [0.1, 0.15) is 5.82 Å². The van der Waals surface area contributed by atoms with Crippen LogP contribution in [-0.2, 0) is 0 Å². The Morgan fingerprint density at radius 3 is 2.58 bits per heavy atom. The molecular formula is C14H12Cl2FNO. The van der Waals surface area contributed by atoms with Crippen molar-refractivity contribution in [3.63, 3.8) is 0 Å². The van der Waals surface area contributed by atoms with Gasteiger partial charge in [0.05, 0.1) is 21.8 Å².